The van der Waals surface area contributed by atoms with Crippen LogP contribution in [-0.2, 0) is 4.79 Å². The normalized spacial score (nSPS) is 22.5. The monoisotopic (exact) mass is 169 g/mol. The Morgan fingerprint density at radius 2 is 2.42 bits per heavy atom. The molecule has 12 heavy (non-hydrogen) atoms. The predicted molar refractivity (Wildman–Crippen MR) is 47.0 cm³/mol. The van der Waals surface area contributed by atoms with Crippen molar-refractivity contribution in [2.75, 3.05) is 13.1 Å². The van der Waals surface area contributed by atoms with Crippen molar-refractivity contribution >= 4 is 5.97 Å². The van der Waals surface area contributed by atoms with Gasteiger partial charge in [-0.2, -0.15) is 0 Å². The zero-order valence-electron chi connectivity index (χ0n) is 7.18. The highest BCUT2D eigenvalue weighted by Gasteiger charge is 2.15. The number of aliphatic carboxylic acids is 1. The van der Waals surface area contributed by atoms with Gasteiger partial charge in [0.05, 0.1) is 6.42 Å². The summed E-state index contributed by atoms with van der Waals surface area (Å²) in [6.07, 6.45) is 2.13. The van der Waals surface area contributed by atoms with Crippen molar-refractivity contribution in [2.24, 2.45) is 5.92 Å². The van der Waals surface area contributed by atoms with Crippen molar-refractivity contribution in [3.63, 3.8) is 0 Å². The van der Waals surface area contributed by atoms with Gasteiger partial charge in [-0.25, -0.2) is 0 Å². The van der Waals surface area contributed by atoms with Crippen LogP contribution in [0.15, 0.2) is 12.2 Å². The van der Waals surface area contributed by atoms with Crippen LogP contribution in [0.25, 0.3) is 0 Å². The fourth-order valence-corrected chi connectivity index (χ4v) is 1.58. The van der Waals surface area contributed by atoms with Crippen molar-refractivity contribution in [1.29, 1.82) is 0 Å². The summed E-state index contributed by atoms with van der Waals surface area (Å²) in [6.45, 7) is 5.82. The summed E-state index contributed by atoms with van der Waals surface area (Å²) in [5.41, 5.74) is 0.844. The van der Waals surface area contributed by atoms with Gasteiger partial charge in [0.2, 0.25) is 0 Å². The maximum absolute atomic E-state index is 10.3. The van der Waals surface area contributed by atoms with Crippen molar-refractivity contribution in [1.82, 2.24) is 5.32 Å². The molecule has 0 aromatic heterocycles. The summed E-state index contributed by atoms with van der Waals surface area (Å²) >= 11 is 0. The second kappa shape index (κ2) is 4.26. The Balaban J connectivity index is 2.20. The lowest BCUT2D eigenvalue weighted by Crippen LogP contribution is -2.10. The Labute approximate surface area is 72.5 Å². The third-order valence-corrected chi connectivity index (χ3v) is 2.14. The van der Waals surface area contributed by atoms with Gasteiger partial charge in [0.1, 0.15) is 0 Å². The summed E-state index contributed by atoms with van der Waals surface area (Å²) in [6, 6.07) is 0. The van der Waals surface area contributed by atoms with Crippen LogP contribution in [0.5, 0.6) is 0 Å². The summed E-state index contributed by atoms with van der Waals surface area (Å²) in [5.74, 6) is -0.164. The van der Waals surface area contributed by atoms with E-state index in [1.807, 2.05) is 0 Å². The van der Waals surface area contributed by atoms with Crippen molar-refractivity contribution in [3.8, 4) is 0 Å². The molecule has 1 heterocycles. The lowest BCUT2D eigenvalue weighted by atomic mass is 9.98. The van der Waals surface area contributed by atoms with Crippen LogP contribution in [0.1, 0.15) is 19.3 Å². The van der Waals surface area contributed by atoms with Crippen LogP contribution in [0.2, 0.25) is 0 Å². The number of carboxylic acids is 1. The average molecular weight is 169 g/mol. The van der Waals surface area contributed by atoms with Gasteiger partial charge in [0, 0.05) is 0 Å². The maximum Gasteiger partial charge on any atom is 0.307 e. The molecule has 0 aromatic carbocycles. The molecule has 1 aliphatic rings. The molecule has 1 fully saturated rings. The molecule has 0 radical (unpaired) electrons. The first-order valence-corrected chi connectivity index (χ1v) is 4.27. The van der Waals surface area contributed by atoms with Crippen LogP contribution in [0.4, 0.5) is 0 Å². The minimum atomic E-state index is -0.772. The first kappa shape index (κ1) is 9.26. The van der Waals surface area contributed by atoms with Crippen molar-refractivity contribution in [2.45, 2.75) is 19.3 Å². The van der Waals surface area contributed by atoms with E-state index in [-0.39, 0.29) is 6.42 Å². The largest absolute Gasteiger partial charge is 0.481 e. The lowest BCUT2D eigenvalue weighted by molar-refractivity contribution is -0.136. The Morgan fingerprint density at radius 1 is 1.67 bits per heavy atom. The van der Waals surface area contributed by atoms with Gasteiger partial charge in [-0.15, -0.1) is 0 Å². The van der Waals surface area contributed by atoms with E-state index in [9.17, 15) is 4.79 Å². The highest BCUT2D eigenvalue weighted by atomic mass is 16.4. The number of hydrogen-bond acceptors (Lipinski definition) is 2. The van der Waals surface area contributed by atoms with Gasteiger partial charge < -0.3 is 10.4 Å². The topological polar surface area (TPSA) is 49.3 Å². The summed E-state index contributed by atoms with van der Waals surface area (Å²) in [5, 5.41) is 11.7. The van der Waals surface area contributed by atoms with Gasteiger partial charge >= 0.3 is 5.97 Å². The van der Waals surface area contributed by atoms with E-state index in [0.29, 0.717) is 5.92 Å². The van der Waals surface area contributed by atoms with Gasteiger partial charge in [-0.1, -0.05) is 12.2 Å². The maximum atomic E-state index is 10.3. The molecule has 68 valence electrons. The molecule has 1 atom stereocenters. The summed E-state index contributed by atoms with van der Waals surface area (Å²) in [4.78, 5) is 10.3. The van der Waals surface area contributed by atoms with Crippen LogP contribution < -0.4 is 5.32 Å². The number of carboxylic acid groups (broad SMARTS) is 1. The first-order valence-electron chi connectivity index (χ1n) is 4.27. The molecule has 1 saturated heterocycles. The molecular formula is C9H15NO2. The van der Waals surface area contributed by atoms with E-state index in [2.05, 4.69) is 11.9 Å². The minimum absolute atomic E-state index is 0.122. The Bertz CT molecular complexity index is 183. The van der Waals surface area contributed by atoms with Gasteiger partial charge in [-0.05, 0) is 31.8 Å². The highest BCUT2D eigenvalue weighted by Crippen LogP contribution is 2.18. The average Bonchev–Trinajstić information content (AvgIpc) is 2.37. The molecule has 0 saturated carbocycles. The Hall–Kier alpha value is -0.830. The SMILES string of the molecule is C=C(CC(=O)O)CC1CCNC1. The fourth-order valence-electron chi connectivity index (χ4n) is 1.58. The predicted octanol–water partition coefficient (Wildman–Crippen LogP) is 1.02. The molecule has 3 nitrogen and oxygen atoms in total. The van der Waals surface area contributed by atoms with E-state index < -0.39 is 5.97 Å². The zero-order valence-corrected chi connectivity index (χ0v) is 7.18. The number of nitrogens with one attached hydrogen (secondary N) is 1. The van der Waals surface area contributed by atoms with E-state index in [4.69, 9.17) is 5.11 Å². The van der Waals surface area contributed by atoms with Gasteiger partial charge in [0.15, 0.2) is 0 Å². The molecule has 0 aromatic rings. The van der Waals surface area contributed by atoms with E-state index in [1.54, 1.807) is 0 Å². The molecule has 1 aliphatic heterocycles. The molecule has 0 amide bonds. The smallest absolute Gasteiger partial charge is 0.307 e. The standard InChI is InChI=1S/C9H15NO2/c1-7(5-9(11)12)4-8-2-3-10-6-8/h8,10H,1-6H2,(H,11,12). The molecule has 2 N–H and O–H groups in total. The number of carbonyl (C=O) groups is 1. The number of hydrogen-bond donors (Lipinski definition) is 2. The highest BCUT2D eigenvalue weighted by molar-refractivity contribution is 5.69. The zero-order chi connectivity index (χ0) is 8.97. The number of rotatable bonds is 4. The third-order valence-electron chi connectivity index (χ3n) is 2.14. The van der Waals surface area contributed by atoms with E-state index in [1.165, 1.54) is 0 Å². The summed E-state index contributed by atoms with van der Waals surface area (Å²) < 4.78 is 0. The van der Waals surface area contributed by atoms with Crippen LogP contribution in [0, 0.1) is 5.92 Å². The third kappa shape index (κ3) is 3.05. The van der Waals surface area contributed by atoms with Crippen LogP contribution in [0.3, 0.4) is 0 Å². The van der Waals surface area contributed by atoms with Crippen LogP contribution in [-0.4, -0.2) is 24.2 Å². The summed E-state index contributed by atoms with van der Waals surface area (Å²) in [7, 11) is 0. The van der Waals surface area contributed by atoms with Crippen LogP contribution >= 0.6 is 0 Å². The lowest BCUT2D eigenvalue weighted by Gasteiger charge is -2.08. The molecular weight excluding hydrogens is 154 g/mol. The van der Waals surface area contributed by atoms with Gasteiger partial charge in [-0.3, -0.25) is 4.79 Å². The molecule has 1 rings (SSSR count). The fraction of sp³-hybridized carbons (Fsp3) is 0.667. The second-order valence-electron chi connectivity index (χ2n) is 3.38. The molecule has 1 unspecified atom stereocenters. The molecule has 0 bridgehead atoms. The molecule has 0 aliphatic carbocycles. The van der Waals surface area contributed by atoms with Crippen molar-refractivity contribution in [3.05, 3.63) is 12.2 Å². The molecule has 3 heteroatoms. The Kier molecular flexibility index (Phi) is 3.29. The van der Waals surface area contributed by atoms with E-state index in [0.717, 1.165) is 31.5 Å². The second-order valence-corrected chi connectivity index (χ2v) is 3.38. The van der Waals surface area contributed by atoms with Gasteiger partial charge in [0.25, 0.3) is 0 Å². The van der Waals surface area contributed by atoms with E-state index >= 15 is 0 Å². The Morgan fingerprint density at radius 3 is 2.92 bits per heavy atom. The molecule has 0 spiro atoms. The quantitative estimate of drug-likeness (QED) is 0.618. The van der Waals surface area contributed by atoms with Crippen molar-refractivity contribution < 1.29 is 9.90 Å². The first-order chi connectivity index (χ1) is 5.68. The minimum Gasteiger partial charge on any atom is -0.481 e.